The highest BCUT2D eigenvalue weighted by atomic mass is 16.5. The van der Waals surface area contributed by atoms with Gasteiger partial charge in [-0.05, 0) is 38.5 Å². The van der Waals surface area contributed by atoms with Crippen molar-refractivity contribution >= 4 is 17.7 Å². The molecule has 0 spiro atoms. The first-order valence-electron chi connectivity index (χ1n) is 10.2. The Kier molecular flexibility index (Phi) is 8.55. The molecule has 26 heavy (non-hydrogen) atoms. The number of carbonyl (C=O) groups is 3. The number of nitrogens with one attached hydrogen (secondary N) is 1. The molecule has 6 nitrogen and oxygen atoms in total. The molecule has 2 atom stereocenters. The zero-order chi connectivity index (χ0) is 18.9. The highest BCUT2D eigenvalue weighted by Crippen LogP contribution is 2.26. The van der Waals surface area contributed by atoms with Crippen LogP contribution in [0.1, 0.15) is 77.6 Å². The highest BCUT2D eigenvalue weighted by molar-refractivity contribution is 5.88. The van der Waals surface area contributed by atoms with Crippen molar-refractivity contribution in [3.05, 3.63) is 0 Å². The molecule has 0 bridgehead atoms. The van der Waals surface area contributed by atoms with Crippen molar-refractivity contribution in [2.45, 2.75) is 89.6 Å². The largest absolute Gasteiger partial charge is 0.480 e. The summed E-state index contributed by atoms with van der Waals surface area (Å²) in [4.78, 5) is 36.1. The number of ether oxygens (including phenoxy) is 1. The maximum absolute atomic E-state index is 12.4. The molecule has 0 amide bonds. The number of carbonyl (C=O) groups excluding carboxylic acids is 2. The summed E-state index contributed by atoms with van der Waals surface area (Å²) in [5.41, 5.74) is 0. The zero-order valence-corrected chi connectivity index (χ0v) is 15.9. The molecule has 2 unspecified atom stereocenters. The molecule has 2 rings (SSSR count). The van der Waals surface area contributed by atoms with Crippen molar-refractivity contribution in [2.75, 3.05) is 6.61 Å². The average molecular weight is 367 g/mol. The van der Waals surface area contributed by atoms with E-state index in [1.54, 1.807) is 6.92 Å². The van der Waals surface area contributed by atoms with Crippen molar-refractivity contribution in [3.8, 4) is 0 Å². The lowest BCUT2D eigenvalue weighted by molar-refractivity contribution is -0.149. The first-order chi connectivity index (χ1) is 12.5. The fraction of sp³-hybridized carbons (Fsp3) is 0.850. The van der Waals surface area contributed by atoms with E-state index in [9.17, 15) is 19.5 Å². The lowest BCUT2D eigenvalue weighted by Crippen LogP contribution is -2.48. The van der Waals surface area contributed by atoms with Gasteiger partial charge >= 0.3 is 11.9 Å². The lowest BCUT2D eigenvalue weighted by atomic mass is 9.84. The number of Topliss-reactive ketones (excluding diaryl/α,β-unsaturated/α-hetero) is 1. The first-order valence-corrected chi connectivity index (χ1v) is 10.2. The van der Waals surface area contributed by atoms with E-state index in [0.29, 0.717) is 12.5 Å². The summed E-state index contributed by atoms with van der Waals surface area (Å²) in [6.07, 6.45) is 10.6. The average Bonchev–Trinajstić information content (AvgIpc) is 2.66. The minimum absolute atomic E-state index is 0.00706. The van der Waals surface area contributed by atoms with Crippen molar-refractivity contribution in [1.29, 1.82) is 0 Å². The van der Waals surface area contributed by atoms with E-state index in [-0.39, 0.29) is 18.1 Å². The van der Waals surface area contributed by atoms with Crippen LogP contribution in [-0.2, 0) is 19.1 Å². The molecule has 0 radical (unpaired) electrons. The van der Waals surface area contributed by atoms with E-state index in [1.807, 2.05) is 0 Å². The second-order valence-electron chi connectivity index (χ2n) is 7.92. The summed E-state index contributed by atoms with van der Waals surface area (Å²) in [5, 5.41) is 12.2. The van der Waals surface area contributed by atoms with Gasteiger partial charge in [-0.15, -0.1) is 0 Å². The smallest absolute Gasteiger partial charge is 0.322 e. The van der Waals surface area contributed by atoms with Crippen LogP contribution in [0.2, 0.25) is 0 Å². The first kappa shape index (κ1) is 20.9. The minimum Gasteiger partial charge on any atom is -0.480 e. The van der Waals surface area contributed by atoms with E-state index >= 15 is 0 Å². The second-order valence-corrected chi connectivity index (χ2v) is 7.92. The molecule has 0 aliphatic heterocycles. The van der Waals surface area contributed by atoms with E-state index in [4.69, 9.17) is 4.74 Å². The van der Waals surface area contributed by atoms with Crippen molar-refractivity contribution in [3.63, 3.8) is 0 Å². The molecular weight excluding hydrogens is 334 g/mol. The monoisotopic (exact) mass is 367 g/mol. The summed E-state index contributed by atoms with van der Waals surface area (Å²) in [5.74, 6) is -1.15. The Morgan fingerprint density at radius 3 is 2.15 bits per heavy atom. The Hall–Kier alpha value is -1.43. The van der Waals surface area contributed by atoms with Crippen LogP contribution in [0.25, 0.3) is 0 Å². The number of aliphatic carboxylic acids is 1. The number of carboxylic acid groups (broad SMARTS) is 1. The van der Waals surface area contributed by atoms with Crippen molar-refractivity contribution in [1.82, 2.24) is 5.32 Å². The molecule has 2 N–H and O–H groups in total. The van der Waals surface area contributed by atoms with Gasteiger partial charge in [-0.1, -0.05) is 38.5 Å². The number of hydrogen-bond donors (Lipinski definition) is 2. The van der Waals surface area contributed by atoms with Crippen LogP contribution in [0, 0.1) is 11.8 Å². The summed E-state index contributed by atoms with van der Waals surface area (Å²) >= 11 is 0. The van der Waals surface area contributed by atoms with Gasteiger partial charge in [-0.3, -0.25) is 19.7 Å². The van der Waals surface area contributed by atoms with Gasteiger partial charge in [0, 0.05) is 12.3 Å². The van der Waals surface area contributed by atoms with Gasteiger partial charge in [0.25, 0.3) is 0 Å². The van der Waals surface area contributed by atoms with E-state index in [0.717, 1.165) is 44.9 Å². The third-order valence-corrected chi connectivity index (χ3v) is 5.75. The second kappa shape index (κ2) is 10.7. The molecule has 2 saturated carbocycles. The van der Waals surface area contributed by atoms with Crippen LogP contribution < -0.4 is 5.32 Å². The van der Waals surface area contributed by atoms with Crippen LogP contribution in [0.4, 0.5) is 0 Å². The summed E-state index contributed by atoms with van der Waals surface area (Å²) in [6, 6.07) is -1.78. The van der Waals surface area contributed by atoms with E-state index in [1.165, 1.54) is 19.3 Å². The molecule has 148 valence electrons. The van der Waals surface area contributed by atoms with Gasteiger partial charge in [0.15, 0.2) is 0 Å². The lowest BCUT2D eigenvalue weighted by Gasteiger charge is -2.25. The van der Waals surface area contributed by atoms with Crippen LogP contribution in [-0.4, -0.2) is 41.5 Å². The molecule has 0 aromatic heterocycles. The van der Waals surface area contributed by atoms with Crippen LogP contribution in [0.3, 0.4) is 0 Å². The van der Waals surface area contributed by atoms with Gasteiger partial charge in [0.1, 0.15) is 17.9 Å². The third kappa shape index (κ3) is 6.71. The number of carboxylic acids is 1. The third-order valence-electron chi connectivity index (χ3n) is 5.75. The van der Waals surface area contributed by atoms with Crippen LogP contribution in [0.15, 0.2) is 0 Å². The van der Waals surface area contributed by atoms with Gasteiger partial charge in [0.2, 0.25) is 0 Å². The predicted octanol–water partition coefficient (Wildman–Crippen LogP) is 3.08. The van der Waals surface area contributed by atoms with Gasteiger partial charge in [0.05, 0.1) is 6.61 Å². The van der Waals surface area contributed by atoms with Crippen molar-refractivity contribution in [2.24, 2.45) is 11.8 Å². The summed E-state index contributed by atoms with van der Waals surface area (Å²) in [7, 11) is 0. The molecule has 6 heteroatoms. The Labute approximate surface area is 156 Å². The highest BCUT2D eigenvalue weighted by Gasteiger charge is 2.30. The fourth-order valence-corrected chi connectivity index (χ4v) is 4.06. The SMILES string of the molecule is CC(NC(CC(=O)C1CCCCC1)C(=O)O)C(=O)OCC1CCCCC1. The maximum Gasteiger partial charge on any atom is 0.322 e. The zero-order valence-electron chi connectivity index (χ0n) is 15.9. The number of hydrogen-bond acceptors (Lipinski definition) is 5. The molecule has 2 aliphatic rings. The normalized spacial score (nSPS) is 21.7. The van der Waals surface area contributed by atoms with Gasteiger partial charge in [-0.2, -0.15) is 0 Å². The molecule has 0 aromatic carbocycles. The van der Waals surface area contributed by atoms with E-state index < -0.39 is 24.0 Å². The molecule has 0 aromatic rings. The van der Waals surface area contributed by atoms with Crippen LogP contribution >= 0.6 is 0 Å². The standard InChI is InChI=1S/C20H33NO5/c1-14(20(25)26-13-15-8-4-2-5-9-15)21-17(19(23)24)12-18(22)16-10-6-3-7-11-16/h14-17,21H,2-13H2,1H3,(H,23,24). The Morgan fingerprint density at radius 2 is 1.58 bits per heavy atom. The van der Waals surface area contributed by atoms with Gasteiger partial charge < -0.3 is 9.84 Å². The topological polar surface area (TPSA) is 92.7 Å². The quantitative estimate of drug-likeness (QED) is 0.608. The predicted molar refractivity (Wildman–Crippen MR) is 97.8 cm³/mol. The number of rotatable bonds is 9. The maximum atomic E-state index is 12.4. The molecule has 0 saturated heterocycles. The Bertz CT molecular complexity index is 481. The van der Waals surface area contributed by atoms with Crippen molar-refractivity contribution < 1.29 is 24.2 Å². The van der Waals surface area contributed by atoms with Gasteiger partial charge in [-0.25, -0.2) is 0 Å². The minimum atomic E-state index is -1.10. The van der Waals surface area contributed by atoms with Crippen LogP contribution in [0.5, 0.6) is 0 Å². The Balaban J connectivity index is 1.78. The Morgan fingerprint density at radius 1 is 1.00 bits per heavy atom. The fourth-order valence-electron chi connectivity index (χ4n) is 4.06. The molecule has 0 heterocycles. The van der Waals surface area contributed by atoms with E-state index in [2.05, 4.69) is 5.32 Å². The summed E-state index contributed by atoms with van der Waals surface area (Å²) in [6.45, 7) is 2.01. The number of esters is 1. The molecular formula is C20H33NO5. The molecule has 2 aliphatic carbocycles. The number of ketones is 1. The summed E-state index contributed by atoms with van der Waals surface area (Å²) < 4.78 is 5.37. The molecule has 2 fully saturated rings.